The highest BCUT2D eigenvalue weighted by Gasteiger charge is 2.09. The van der Waals surface area contributed by atoms with Crippen LogP contribution in [0, 0.1) is 0 Å². The molecule has 0 bridgehead atoms. The van der Waals surface area contributed by atoms with E-state index in [9.17, 15) is 8.78 Å². The largest absolute Gasteiger partial charge is 0.435 e. The Morgan fingerprint density at radius 2 is 2.05 bits per heavy atom. The van der Waals surface area contributed by atoms with Gasteiger partial charge in [0.05, 0.1) is 0 Å². The maximum absolute atomic E-state index is 12.1. The molecule has 0 spiro atoms. The number of hydrogen-bond acceptors (Lipinski definition) is 3. The number of nitrogens with one attached hydrogen (secondary N) is 1. The molecule has 0 heterocycles. The van der Waals surface area contributed by atoms with Crippen molar-refractivity contribution >= 4 is 11.8 Å². The highest BCUT2D eigenvalue weighted by molar-refractivity contribution is 7.99. The van der Waals surface area contributed by atoms with Gasteiger partial charge >= 0.3 is 6.61 Å². The second-order valence-corrected chi connectivity index (χ2v) is 5.74. The fraction of sp³-hybridized carbons (Fsp3) is 0.571. The van der Waals surface area contributed by atoms with Gasteiger partial charge in [-0.15, -0.1) is 0 Å². The summed E-state index contributed by atoms with van der Waals surface area (Å²) >= 11 is 1.84. The van der Waals surface area contributed by atoms with Crippen LogP contribution in [0.5, 0.6) is 5.75 Å². The third-order valence-corrected chi connectivity index (χ3v) is 4.03. The van der Waals surface area contributed by atoms with Crippen LogP contribution in [-0.2, 0) is 0 Å². The zero-order valence-corrected chi connectivity index (χ0v) is 12.3. The van der Waals surface area contributed by atoms with E-state index in [0.717, 1.165) is 18.5 Å². The van der Waals surface area contributed by atoms with Crippen molar-refractivity contribution in [3.05, 3.63) is 29.8 Å². The van der Waals surface area contributed by atoms with Crippen molar-refractivity contribution in [1.82, 2.24) is 5.32 Å². The number of benzene rings is 1. The van der Waals surface area contributed by atoms with Crippen LogP contribution in [0.3, 0.4) is 0 Å². The molecular formula is C14H21F2NOS. The SMILES string of the molecule is CSC(C)CCNC(C)c1cccc(OC(F)F)c1. The van der Waals surface area contributed by atoms with E-state index in [-0.39, 0.29) is 11.8 Å². The lowest BCUT2D eigenvalue weighted by molar-refractivity contribution is -0.0499. The van der Waals surface area contributed by atoms with Crippen LogP contribution in [0.4, 0.5) is 8.78 Å². The van der Waals surface area contributed by atoms with Crippen LogP contribution in [0.15, 0.2) is 24.3 Å². The van der Waals surface area contributed by atoms with Crippen molar-refractivity contribution in [3.8, 4) is 5.75 Å². The van der Waals surface area contributed by atoms with Gasteiger partial charge in [0.25, 0.3) is 0 Å². The standard InChI is InChI=1S/C14H21F2NOS/c1-10(19-3)7-8-17-11(2)12-5-4-6-13(9-12)18-14(15)16/h4-6,9-11,14,17H,7-8H2,1-3H3. The molecule has 1 aromatic rings. The van der Waals surface area contributed by atoms with E-state index in [1.165, 1.54) is 6.07 Å². The predicted octanol–water partition coefficient (Wildman–Crippen LogP) is 4.08. The van der Waals surface area contributed by atoms with E-state index in [4.69, 9.17) is 0 Å². The molecule has 5 heteroatoms. The van der Waals surface area contributed by atoms with E-state index in [0.29, 0.717) is 5.25 Å². The van der Waals surface area contributed by atoms with Gasteiger partial charge in [0.15, 0.2) is 0 Å². The van der Waals surface area contributed by atoms with Gasteiger partial charge in [0, 0.05) is 11.3 Å². The summed E-state index contributed by atoms with van der Waals surface area (Å²) in [5.41, 5.74) is 0.954. The van der Waals surface area contributed by atoms with Crippen molar-refractivity contribution in [2.45, 2.75) is 38.2 Å². The highest BCUT2D eigenvalue weighted by Crippen LogP contribution is 2.20. The third-order valence-electron chi connectivity index (χ3n) is 2.99. The molecular weight excluding hydrogens is 268 g/mol. The van der Waals surface area contributed by atoms with E-state index in [1.807, 2.05) is 24.8 Å². The fourth-order valence-electron chi connectivity index (χ4n) is 1.70. The summed E-state index contributed by atoms with van der Waals surface area (Å²) < 4.78 is 28.7. The van der Waals surface area contributed by atoms with Crippen molar-refractivity contribution < 1.29 is 13.5 Å². The van der Waals surface area contributed by atoms with Gasteiger partial charge < -0.3 is 10.1 Å². The molecule has 108 valence electrons. The minimum absolute atomic E-state index is 0.121. The molecule has 2 nitrogen and oxygen atoms in total. The number of halogens is 2. The number of hydrogen-bond donors (Lipinski definition) is 1. The Bertz CT molecular complexity index is 376. The van der Waals surface area contributed by atoms with E-state index < -0.39 is 6.61 Å². The van der Waals surface area contributed by atoms with Gasteiger partial charge in [-0.3, -0.25) is 0 Å². The first-order valence-electron chi connectivity index (χ1n) is 6.34. The highest BCUT2D eigenvalue weighted by atomic mass is 32.2. The van der Waals surface area contributed by atoms with Gasteiger partial charge in [-0.05, 0) is 43.8 Å². The Balaban J connectivity index is 2.49. The average molecular weight is 289 g/mol. The smallest absolute Gasteiger partial charge is 0.387 e. The first-order valence-corrected chi connectivity index (χ1v) is 7.62. The second kappa shape index (κ2) is 8.38. The zero-order valence-electron chi connectivity index (χ0n) is 11.5. The molecule has 2 atom stereocenters. The summed E-state index contributed by atoms with van der Waals surface area (Å²) in [6.45, 7) is 2.34. The van der Waals surface area contributed by atoms with Crippen LogP contribution in [-0.4, -0.2) is 24.7 Å². The van der Waals surface area contributed by atoms with Gasteiger partial charge in [0.1, 0.15) is 5.75 Å². The lowest BCUT2D eigenvalue weighted by atomic mass is 10.1. The summed E-state index contributed by atoms with van der Waals surface area (Å²) in [4.78, 5) is 0. The molecule has 0 aliphatic carbocycles. The summed E-state index contributed by atoms with van der Waals surface area (Å²) in [5.74, 6) is 0.207. The Kier molecular flexibility index (Phi) is 7.16. The van der Waals surface area contributed by atoms with Crippen LogP contribution in [0.1, 0.15) is 31.9 Å². The summed E-state index contributed by atoms with van der Waals surface area (Å²) in [5, 5.41) is 4.01. The maximum atomic E-state index is 12.1. The molecule has 0 aromatic heterocycles. The molecule has 2 unspecified atom stereocenters. The van der Waals surface area contributed by atoms with E-state index in [1.54, 1.807) is 12.1 Å². The molecule has 1 rings (SSSR count). The second-order valence-electron chi connectivity index (χ2n) is 4.46. The van der Waals surface area contributed by atoms with Crippen molar-refractivity contribution in [2.75, 3.05) is 12.8 Å². The van der Waals surface area contributed by atoms with E-state index >= 15 is 0 Å². The van der Waals surface area contributed by atoms with Crippen molar-refractivity contribution in [2.24, 2.45) is 0 Å². The number of ether oxygens (including phenoxy) is 1. The summed E-state index contributed by atoms with van der Waals surface area (Å²) in [7, 11) is 0. The Morgan fingerprint density at radius 1 is 1.32 bits per heavy atom. The molecule has 0 aliphatic heterocycles. The number of thioether (sulfide) groups is 1. The lowest BCUT2D eigenvalue weighted by Crippen LogP contribution is -2.22. The molecule has 1 N–H and O–H groups in total. The summed E-state index contributed by atoms with van der Waals surface area (Å²) in [6.07, 6.45) is 3.18. The Labute approximate surface area is 117 Å². The fourth-order valence-corrected chi connectivity index (χ4v) is 2.05. The minimum Gasteiger partial charge on any atom is -0.435 e. The number of alkyl halides is 2. The number of rotatable bonds is 8. The first kappa shape index (κ1) is 16.2. The zero-order chi connectivity index (χ0) is 14.3. The lowest BCUT2D eigenvalue weighted by Gasteiger charge is -2.16. The minimum atomic E-state index is -2.78. The van der Waals surface area contributed by atoms with Gasteiger partial charge in [0.2, 0.25) is 0 Å². The van der Waals surface area contributed by atoms with Crippen LogP contribution in [0.2, 0.25) is 0 Å². The first-order chi connectivity index (χ1) is 9.02. The molecule has 0 aliphatic rings. The third kappa shape index (κ3) is 6.25. The van der Waals surface area contributed by atoms with Gasteiger partial charge in [-0.1, -0.05) is 19.1 Å². The predicted molar refractivity (Wildman–Crippen MR) is 77.1 cm³/mol. The Morgan fingerprint density at radius 3 is 2.68 bits per heavy atom. The molecule has 0 saturated heterocycles. The summed E-state index contributed by atoms with van der Waals surface area (Å²) in [6, 6.07) is 6.96. The monoisotopic (exact) mass is 289 g/mol. The van der Waals surface area contributed by atoms with Gasteiger partial charge in [-0.25, -0.2) is 0 Å². The normalized spacial score (nSPS) is 14.4. The van der Waals surface area contributed by atoms with E-state index in [2.05, 4.69) is 23.2 Å². The molecule has 0 amide bonds. The quantitative estimate of drug-likeness (QED) is 0.779. The molecule has 19 heavy (non-hydrogen) atoms. The molecule has 0 fully saturated rings. The molecule has 0 saturated carbocycles. The topological polar surface area (TPSA) is 21.3 Å². The van der Waals surface area contributed by atoms with Crippen LogP contribution >= 0.6 is 11.8 Å². The Hall–Kier alpha value is -0.810. The van der Waals surface area contributed by atoms with Crippen molar-refractivity contribution in [1.29, 1.82) is 0 Å². The van der Waals surface area contributed by atoms with Crippen LogP contribution < -0.4 is 10.1 Å². The van der Waals surface area contributed by atoms with Crippen molar-refractivity contribution in [3.63, 3.8) is 0 Å². The molecule has 0 radical (unpaired) electrons. The van der Waals surface area contributed by atoms with Crippen LogP contribution in [0.25, 0.3) is 0 Å². The average Bonchev–Trinajstić information content (AvgIpc) is 2.37. The maximum Gasteiger partial charge on any atom is 0.387 e. The molecule has 1 aromatic carbocycles. The van der Waals surface area contributed by atoms with Gasteiger partial charge in [-0.2, -0.15) is 20.5 Å².